The van der Waals surface area contributed by atoms with Crippen LogP contribution in [0.25, 0.3) is 0 Å². The number of phenolic OH excluding ortho intramolecular Hbond substituents is 5. The third kappa shape index (κ3) is 23.4. The predicted molar refractivity (Wildman–Crippen MR) is 349 cm³/mol. The van der Waals surface area contributed by atoms with Crippen LogP contribution in [0.1, 0.15) is 283 Å². The van der Waals surface area contributed by atoms with E-state index in [0.29, 0.717) is 102 Å². The third-order valence-electron chi connectivity index (χ3n) is 17.0. The highest BCUT2D eigenvalue weighted by atomic mass is 16.5. The van der Waals surface area contributed by atoms with E-state index in [9.17, 15) is 25.5 Å². The van der Waals surface area contributed by atoms with Crippen molar-refractivity contribution in [2.75, 3.05) is 33.0 Å². The maximum Gasteiger partial charge on any atom is 0.123 e. The summed E-state index contributed by atoms with van der Waals surface area (Å²) in [6, 6.07) is 18.4. The topological polar surface area (TPSA) is 147 Å². The van der Waals surface area contributed by atoms with E-state index < -0.39 is 0 Å². The highest BCUT2D eigenvalue weighted by Crippen LogP contribution is 2.42. The molecule has 10 aliphatic rings. The largest absolute Gasteiger partial charge is 0.508 e. The first-order chi connectivity index (χ1) is 41.5. The van der Waals surface area contributed by atoms with E-state index in [-0.39, 0.29) is 54.4 Å². The van der Waals surface area contributed by atoms with Crippen molar-refractivity contribution in [3.8, 4) is 57.5 Å². The molecule has 0 amide bonds. The van der Waals surface area contributed by atoms with Crippen molar-refractivity contribution in [3.63, 3.8) is 0 Å². The second-order valence-electron chi connectivity index (χ2n) is 24.4. The number of hydrogen-bond donors (Lipinski definition) is 5. The van der Waals surface area contributed by atoms with Gasteiger partial charge < -0.3 is 49.2 Å². The molecule has 0 atom stereocenters. The Hall–Kier alpha value is -5.90. The van der Waals surface area contributed by atoms with Crippen LogP contribution in [0.4, 0.5) is 0 Å². The van der Waals surface area contributed by atoms with E-state index >= 15 is 0 Å². The molecule has 10 heteroatoms. The number of benzene rings is 5. The highest BCUT2D eigenvalue weighted by molar-refractivity contribution is 5.59. The molecule has 0 spiro atoms. The first kappa shape index (κ1) is 68.2. The Morgan fingerprint density at radius 3 is 0.553 bits per heavy atom. The fourth-order valence-corrected chi connectivity index (χ4v) is 11.7. The summed E-state index contributed by atoms with van der Waals surface area (Å²) in [6.45, 7) is 13.6. The molecule has 10 bridgehead atoms. The Kier molecular flexibility index (Phi) is 31.3. The lowest BCUT2D eigenvalue weighted by molar-refractivity contribution is 0.297. The Morgan fingerprint density at radius 2 is 0.365 bits per heavy atom. The van der Waals surface area contributed by atoms with Crippen molar-refractivity contribution < 1.29 is 49.2 Å². The molecule has 0 aromatic heterocycles. The van der Waals surface area contributed by atoms with Crippen molar-refractivity contribution in [1.29, 1.82) is 0 Å². The maximum atomic E-state index is 12.1. The van der Waals surface area contributed by atoms with Gasteiger partial charge in [0.15, 0.2) is 0 Å². The molecule has 0 aliphatic heterocycles. The van der Waals surface area contributed by atoms with Gasteiger partial charge in [0, 0.05) is 87.7 Å². The average Bonchev–Trinajstić information content (AvgIpc) is 3.49. The van der Waals surface area contributed by atoms with Gasteiger partial charge in [0.25, 0.3) is 0 Å². The summed E-state index contributed by atoms with van der Waals surface area (Å²) in [4.78, 5) is 0. The summed E-state index contributed by atoms with van der Waals surface area (Å²) in [7, 11) is 0. The summed E-state index contributed by atoms with van der Waals surface area (Å²) in [6.07, 6.45) is 34.6. The third-order valence-corrected chi connectivity index (χ3v) is 17.0. The van der Waals surface area contributed by atoms with Gasteiger partial charge in [-0.3, -0.25) is 0 Å². The fourth-order valence-electron chi connectivity index (χ4n) is 11.7. The van der Waals surface area contributed by atoms with Crippen molar-refractivity contribution >= 4 is 0 Å². The molecule has 470 valence electrons. The average molecular weight is 1170 g/mol. The molecule has 10 nitrogen and oxygen atoms in total. The van der Waals surface area contributed by atoms with E-state index in [1.807, 2.05) is 30.3 Å². The summed E-state index contributed by atoms with van der Waals surface area (Å²) < 4.78 is 33.5. The van der Waals surface area contributed by atoms with Crippen LogP contribution in [0.5, 0.6) is 57.5 Å². The molecule has 0 heterocycles. The van der Waals surface area contributed by atoms with Crippen LogP contribution >= 0.6 is 0 Å². The predicted octanol–water partition coefficient (Wildman–Crippen LogP) is 20.2. The van der Waals surface area contributed by atoms with Crippen molar-refractivity contribution in [2.24, 2.45) is 0 Å². The summed E-state index contributed by atoms with van der Waals surface area (Å²) in [5, 5.41) is 60.4. The van der Waals surface area contributed by atoms with Gasteiger partial charge in [-0.1, -0.05) is 195 Å². The van der Waals surface area contributed by atoms with Gasteiger partial charge in [-0.25, -0.2) is 0 Å². The second kappa shape index (κ2) is 39.0. The lowest BCUT2D eigenvalue weighted by atomic mass is 9.94. The van der Waals surface area contributed by atoms with Crippen LogP contribution in [0, 0.1) is 0 Å². The first-order valence-corrected chi connectivity index (χ1v) is 33.9. The van der Waals surface area contributed by atoms with E-state index in [1.54, 1.807) is 30.3 Å². The quantitative estimate of drug-likeness (QED) is 0.0236. The Morgan fingerprint density at radius 1 is 0.212 bits per heavy atom. The van der Waals surface area contributed by atoms with Gasteiger partial charge in [-0.15, -0.1) is 0 Å². The highest BCUT2D eigenvalue weighted by Gasteiger charge is 2.23. The summed E-state index contributed by atoms with van der Waals surface area (Å²) in [5.41, 5.74) is 6.75. The van der Waals surface area contributed by atoms with E-state index in [1.165, 1.54) is 96.3 Å². The number of phenols is 5. The monoisotopic (exact) mass is 1170 g/mol. The standard InChI is InChI=1S/C75H110O10/c1-6-11-16-21-26-31-36-81-71-51-56-41-57-52-74(84-39-34-29-24-19-14-9-4)64(49-67(57)77)45-65-50-70(80)60(55-75(65)85-40-35-30-25-20-15-10-5)44-63-48-69(79)59(54-73(63)83-38-33-28-23-18-13-8-3)43-62-47-68(78)58(42-61(71)46-66(56)76)53-72(62)82-37-32-27-22-17-12-7-2/h46-55,76-80H,6-45H2,1-5H3. The van der Waals surface area contributed by atoms with Crippen LogP contribution in [0.3, 0.4) is 0 Å². The van der Waals surface area contributed by atoms with Crippen LogP contribution in [0.15, 0.2) is 60.7 Å². The minimum Gasteiger partial charge on any atom is -0.508 e. The number of aromatic hydroxyl groups is 5. The van der Waals surface area contributed by atoms with Crippen molar-refractivity contribution in [3.05, 3.63) is 116 Å². The fraction of sp³-hybridized carbons (Fsp3) is 0.600. The van der Waals surface area contributed by atoms with Crippen LogP contribution in [0.2, 0.25) is 0 Å². The summed E-state index contributed by atoms with van der Waals surface area (Å²) >= 11 is 0. The first-order valence-electron chi connectivity index (χ1n) is 33.9. The van der Waals surface area contributed by atoms with Crippen LogP contribution in [-0.4, -0.2) is 58.6 Å². The Labute approximate surface area is 513 Å². The number of rotatable bonds is 40. The van der Waals surface area contributed by atoms with Crippen LogP contribution in [-0.2, 0) is 32.1 Å². The zero-order valence-corrected chi connectivity index (χ0v) is 53.3. The minimum atomic E-state index is 0.0530. The van der Waals surface area contributed by atoms with Gasteiger partial charge in [0.1, 0.15) is 57.5 Å². The smallest absolute Gasteiger partial charge is 0.123 e. The molecule has 0 unspecified atom stereocenters. The van der Waals surface area contributed by atoms with Crippen LogP contribution < -0.4 is 23.7 Å². The molecule has 0 saturated heterocycles. The van der Waals surface area contributed by atoms with Crippen molar-refractivity contribution in [1.82, 2.24) is 0 Å². The number of ether oxygens (including phenoxy) is 5. The second-order valence-corrected chi connectivity index (χ2v) is 24.4. The van der Waals surface area contributed by atoms with E-state index in [4.69, 9.17) is 23.7 Å². The van der Waals surface area contributed by atoms with Crippen molar-refractivity contribution in [2.45, 2.75) is 259 Å². The van der Waals surface area contributed by atoms with Gasteiger partial charge in [0.2, 0.25) is 0 Å². The van der Waals surface area contributed by atoms with Gasteiger partial charge in [0.05, 0.1) is 33.0 Å². The zero-order chi connectivity index (χ0) is 60.4. The van der Waals surface area contributed by atoms with Gasteiger partial charge >= 0.3 is 0 Å². The lowest BCUT2D eigenvalue weighted by Gasteiger charge is -2.20. The normalized spacial score (nSPS) is 12.3. The number of hydrogen-bond acceptors (Lipinski definition) is 10. The summed E-state index contributed by atoms with van der Waals surface area (Å²) in [5.74, 6) is 3.47. The zero-order valence-electron chi connectivity index (χ0n) is 53.3. The molecule has 0 radical (unpaired) electrons. The molecule has 10 aliphatic carbocycles. The van der Waals surface area contributed by atoms with E-state index in [2.05, 4.69) is 34.6 Å². The molecule has 85 heavy (non-hydrogen) atoms. The molecular weight excluding hydrogens is 1060 g/mol. The SMILES string of the molecule is CCCCCCCCOc1cc2c(O)cc1Cc1cc(OCCCCCCCC)c(cc1O)Cc1cc(OCCCCCCCC)c(cc1O)Cc1cc(OCCCCCCCC)c(cc1O)Cc1cc(O)c(cc1OCCCCCCCC)C2. The maximum absolute atomic E-state index is 12.1. The molecule has 15 rings (SSSR count). The molecule has 5 aromatic rings. The molecule has 5 N–H and O–H groups in total. The Bertz CT molecular complexity index is 2710. The molecule has 5 aromatic carbocycles. The van der Waals surface area contributed by atoms with Gasteiger partial charge in [-0.2, -0.15) is 0 Å². The lowest BCUT2D eigenvalue weighted by Crippen LogP contribution is -2.06. The van der Waals surface area contributed by atoms with Gasteiger partial charge in [-0.05, 0) is 92.8 Å². The molecule has 0 fully saturated rings. The Balaban J connectivity index is 1.50. The minimum absolute atomic E-state index is 0.0530. The molecular formula is C75H110O10. The van der Waals surface area contributed by atoms with E-state index in [0.717, 1.165) is 119 Å². The number of unbranched alkanes of at least 4 members (excludes halogenated alkanes) is 25. The molecule has 0 saturated carbocycles.